The zero-order chi connectivity index (χ0) is 13.5. The summed E-state index contributed by atoms with van der Waals surface area (Å²) in [5.74, 6) is -1.81. The van der Waals surface area contributed by atoms with E-state index in [1.165, 1.54) is 6.92 Å². The number of carbonyl (C=O) groups excluding carboxylic acids is 1. The number of carboxylic acids is 1. The highest BCUT2D eigenvalue weighted by molar-refractivity contribution is 5.71. The van der Waals surface area contributed by atoms with E-state index in [2.05, 4.69) is 0 Å². The number of aryl methyl sites for hydroxylation is 1. The second-order valence-electron chi connectivity index (χ2n) is 4.20. The molecule has 0 aliphatic heterocycles. The Bertz CT molecular complexity index is 393. The number of hydrogen-bond donors (Lipinski definition) is 2. The highest BCUT2D eigenvalue weighted by Gasteiger charge is 2.28. The minimum absolute atomic E-state index is 0.225. The van der Waals surface area contributed by atoms with E-state index in [0.29, 0.717) is 17.9 Å². The molecule has 0 radical (unpaired) electrons. The van der Waals surface area contributed by atoms with Crippen molar-refractivity contribution in [3.63, 3.8) is 0 Å². The van der Waals surface area contributed by atoms with Crippen LogP contribution in [0.25, 0.3) is 0 Å². The molecule has 2 atom stereocenters. The predicted octanol–water partition coefficient (Wildman–Crippen LogP) is 1.56. The maximum atomic E-state index is 11.1. The van der Waals surface area contributed by atoms with E-state index in [1.54, 1.807) is 0 Å². The quantitative estimate of drug-likeness (QED) is 0.438. The summed E-state index contributed by atoms with van der Waals surface area (Å²) in [7, 11) is 0. The molecular formula is C13H17NO4. The topological polar surface area (TPSA) is 77.8 Å². The number of benzene rings is 1. The molecule has 1 rings (SSSR count). The summed E-state index contributed by atoms with van der Waals surface area (Å²) < 4.78 is 0. The molecule has 18 heavy (non-hydrogen) atoms. The van der Waals surface area contributed by atoms with Crippen molar-refractivity contribution in [1.82, 2.24) is 5.06 Å². The fourth-order valence-corrected chi connectivity index (χ4v) is 1.82. The molecule has 0 fully saturated rings. The Hall–Kier alpha value is -1.88. The summed E-state index contributed by atoms with van der Waals surface area (Å²) in [6, 6.07) is 8.75. The maximum Gasteiger partial charge on any atom is 0.308 e. The fourth-order valence-electron chi connectivity index (χ4n) is 1.82. The average Bonchev–Trinajstić information content (AvgIpc) is 2.38. The van der Waals surface area contributed by atoms with Crippen LogP contribution in [0.2, 0.25) is 0 Å². The van der Waals surface area contributed by atoms with Crippen LogP contribution in [0.5, 0.6) is 0 Å². The van der Waals surface area contributed by atoms with Crippen LogP contribution in [0.3, 0.4) is 0 Å². The van der Waals surface area contributed by atoms with Gasteiger partial charge in [-0.05, 0) is 25.3 Å². The van der Waals surface area contributed by atoms with Crippen molar-refractivity contribution >= 4 is 12.4 Å². The lowest BCUT2D eigenvalue weighted by atomic mass is 9.93. The first kappa shape index (κ1) is 14.2. The number of carboxylic acid groups (broad SMARTS) is 1. The lowest BCUT2D eigenvalue weighted by Crippen LogP contribution is -2.39. The van der Waals surface area contributed by atoms with Gasteiger partial charge in [-0.25, -0.2) is 5.06 Å². The van der Waals surface area contributed by atoms with Gasteiger partial charge in [-0.15, -0.1) is 0 Å². The molecule has 2 N–H and O–H groups in total. The lowest BCUT2D eigenvalue weighted by molar-refractivity contribution is -0.170. The second kappa shape index (κ2) is 6.76. The Morgan fingerprint density at radius 2 is 2.00 bits per heavy atom. The number of carbonyl (C=O) groups is 2. The molecule has 1 aromatic rings. The van der Waals surface area contributed by atoms with Crippen LogP contribution in [-0.2, 0) is 16.0 Å². The number of hydroxylamine groups is 2. The summed E-state index contributed by atoms with van der Waals surface area (Å²) in [5.41, 5.74) is 1.03. The van der Waals surface area contributed by atoms with Crippen LogP contribution >= 0.6 is 0 Å². The Morgan fingerprint density at radius 3 is 2.50 bits per heavy atom. The van der Waals surface area contributed by atoms with Gasteiger partial charge in [0, 0.05) is 0 Å². The number of aliphatic carboxylic acids is 1. The second-order valence-corrected chi connectivity index (χ2v) is 4.20. The molecule has 0 aromatic heterocycles. The first-order chi connectivity index (χ1) is 8.56. The van der Waals surface area contributed by atoms with Crippen molar-refractivity contribution in [3.05, 3.63) is 35.9 Å². The number of amides is 1. The van der Waals surface area contributed by atoms with Crippen LogP contribution in [0.1, 0.15) is 18.9 Å². The first-order valence-corrected chi connectivity index (χ1v) is 5.75. The van der Waals surface area contributed by atoms with Gasteiger partial charge in [0.1, 0.15) is 0 Å². The SMILES string of the molecule is C[C@@H]([C@@H](CCc1ccccc1)C(=O)O)N(O)C=O. The Labute approximate surface area is 106 Å². The molecular weight excluding hydrogens is 234 g/mol. The highest BCUT2D eigenvalue weighted by Crippen LogP contribution is 2.16. The third kappa shape index (κ3) is 3.85. The predicted molar refractivity (Wildman–Crippen MR) is 65.0 cm³/mol. The normalized spacial score (nSPS) is 13.7. The summed E-state index contributed by atoms with van der Waals surface area (Å²) in [6.45, 7) is 1.51. The smallest absolute Gasteiger partial charge is 0.308 e. The molecule has 0 saturated carbocycles. The summed E-state index contributed by atoms with van der Waals surface area (Å²) in [4.78, 5) is 21.6. The summed E-state index contributed by atoms with van der Waals surface area (Å²) in [6.07, 6.45) is 1.18. The molecule has 5 heteroatoms. The number of rotatable bonds is 7. The van der Waals surface area contributed by atoms with Crippen molar-refractivity contribution in [2.24, 2.45) is 5.92 Å². The van der Waals surface area contributed by atoms with Crippen molar-refractivity contribution in [2.45, 2.75) is 25.8 Å². The Balaban J connectivity index is 2.64. The first-order valence-electron chi connectivity index (χ1n) is 5.75. The lowest BCUT2D eigenvalue weighted by Gasteiger charge is -2.24. The maximum absolute atomic E-state index is 11.1. The largest absolute Gasteiger partial charge is 0.481 e. The fraction of sp³-hybridized carbons (Fsp3) is 0.385. The van der Waals surface area contributed by atoms with Gasteiger partial charge in [0.15, 0.2) is 0 Å². The van der Waals surface area contributed by atoms with Crippen molar-refractivity contribution in [3.8, 4) is 0 Å². The summed E-state index contributed by atoms with van der Waals surface area (Å²) in [5, 5.41) is 18.8. The number of nitrogens with zero attached hydrogens (tertiary/aromatic N) is 1. The van der Waals surface area contributed by atoms with Crippen molar-refractivity contribution < 1.29 is 19.9 Å². The molecule has 0 aliphatic rings. The third-order valence-corrected chi connectivity index (χ3v) is 3.01. The molecule has 5 nitrogen and oxygen atoms in total. The van der Waals surface area contributed by atoms with E-state index in [0.717, 1.165) is 5.56 Å². The summed E-state index contributed by atoms with van der Waals surface area (Å²) >= 11 is 0. The average molecular weight is 251 g/mol. The molecule has 0 unspecified atom stereocenters. The molecule has 0 aliphatic carbocycles. The van der Waals surface area contributed by atoms with Gasteiger partial charge in [0.2, 0.25) is 6.41 Å². The zero-order valence-electron chi connectivity index (χ0n) is 10.2. The Kier molecular flexibility index (Phi) is 5.32. The van der Waals surface area contributed by atoms with Crippen LogP contribution < -0.4 is 0 Å². The van der Waals surface area contributed by atoms with Crippen molar-refractivity contribution in [1.29, 1.82) is 0 Å². The van der Waals surface area contributed by atoms with E-state index in [4.69, 9.17) is 5.11 Å². The van der Waals surface area contributed by atoms with E-state index >= 15 is 0 Å². The van der Waals surface area contributed by atoms with E-state index in [1.807, 2.05) is 30.3 Å². The zero-order valence-corrected chi connectivity index (χ0v) is 10.2. The van der Waals surface area contributed by atoms with Gasteiger partial charge < -0.3 is 5.11 Å². The van der Waals surface area contributed by atoms with E-state index < -0.39 is 17.9 Å². The van der Waals surface area contributed by atoms with Crippen LogP contribution in [0.4, 0.5) is 0 Å². The van der Waals surface area contributed by atoms with Gasteiger partial charge in [0.05, 0.1) is 12.0 Å². The standard InChI is InChI=1S/C13H17NO4/c1-10(14(18)9-15)12(13(16)17)8-7-11-5-3-2-4-6-11/h2-6,9-10,12,18H,7-8H2,1H3,(H,16,17)/t10-,12+/m0/s1. The van der Waals surface area contributed by atoms with E-state index in [-0.39, 0.29) is 6.41 Å². The highest BCUT2D eigenvalue weighted by atomic mass is 16.5. The molecule has 0 saturated heterocycles. The minimum Gasteiger partial charge on any atom is -0.481 e. The molecule has 0 heterocycles. The molecule has 98 valence electrons. The van der Waals surface area contributed by atoms with Crippen molar-refractivity contribution in [2.75, 3.05) is 0 Å². The number of hydrogen-bond acceptors (Lipinski definition) is 3. The Morgan fingerprint density at radius 1 is 1.39 bits per heavy atom. The molecule has 0 spiro atoms. The molecule has 1 aromatic carbocycles. The van der Waals surface area contributed by atoms with Gasteiger partial charge in [-0.3, -0.25) is 14.8 Å². The van der Waals surface area contributed by atoms with E-state index in [9.17, 15) is 14.8 Å². The van der Waals surface area contributed by atoms with Gasteiger partial charge in [-0.2, -0.15) is 0 Å². The molecule has 0 bridgehead atoms. The van der Waals surface area contributed by atoms with Gasteiger partial charge in [-0.1, -0.05) is 30.3 Å². The van der Waals surface area contributed by atoms with Crippen LogP contribution in [0, 0.1) is 5.92 Å². The third-order valence-electron chi connectivity index (χ3n) is 3.01. The van der Waals surface area contributed by atoms with Gasteiger partial charge in [0.25, 0.3) is 0 Å². The monoisotopic (exact) mass is 251 g/mol. The van der Waals surface area contributed by atoms with Crippen LogP contribution in [-0.4, -0.2) is 33.8 Å². The van der Waals surface area contributed by atoms with Gasteiger partial charge >= 0.3 is 5.97 Å². The molecule has 1 amide bonds. The van der Waals surface area contributed by atoms with Crippen LogP contribution in [0.15, 0.2) is 30.3 Å². The minimum atomic E-state index is -1.01.